The highest BCUT2D eigenvalue weighted by molar-refractivity contribution is 5.94. The lowest BCUT2D eigenvalue weighted by atomic mass is 10.1. The average molecular weight is 281 g/mol. The summed E-state index contributed by atoms with van der Waals surface area (Å²) in [6.45, 7) is 1.69. The maximum atomic E-state index is 12.3. The minimum Gasteiger partial charge on any atom is -0.497 e. The number of amides is 1. The zero-order chi connectivity index (χ0) is 15.1. The average Bonchev–Trinajstić information content (AvgIpc) is 2.42. The van der Waals surface area contributed by atoms with Crippen molar-refractivity contribution >= 4 is 11.9 Å². The van der Waals surface area contributed by atoms with E-state index in [1.165, 1.54) is 12.0 Å². The van der Waals surface area contributed by atoms with Crippen molar-refractivity contribution in [3.8, 4) is 5.75 Å². The molecular formula is C14H19NO5. The van der Waals surface area contributed by atoms with Crippen LogP contribution in [0.1, 0.15) is 23.7 Å². The third kappa shape index (κ3) is 4.89. The monoisotopic (exact) mass is 281 g/mol. The molecule has 20 heavy (non-hydrogen) atoms. The number of carboxylic acid groups (broad SMARTS) is 1. The fourth-order valence-electron chi connectivity index (χ4n) is 1.76. The molecule has 6 nitrogen and oxygen atoms in total. The summed E-state index contributed by atoms with van der Waals surface area (Å²) < 4.78 is 5.05. The zero-order valence-corrected chi connectivity index (χ0v) is 11.6. The minimum absolute atomic E-state index is 0.0519. The van der Waals surface area contributed by atoms with E-state index in [-0.39, 0.29) is 25.4 Å². The summed E-state index contributed by atoms with van der Waals surface area (Å²) in [6, 6.07) is 6.61. The number of aliphatic hydroxyl groups is 1. The van der Waals surface area contributed by atoms with Crippen LogP contribution in [-0.4, -0.2) is 53.3 Å². The maximum absolute atomic E-state index is 12.3. The molecule has 1 aromatic rings. The van der Waals surface area contributed by atoms with Crippen molar-refractivity contribution in [2.24, 2.45) is 0 Å². The highest BCUT2D eigenvalue weighted by atomic mass is 16.5. The Bertz CT molecular complexity index is 472. The van der Waals surface area contributed by atoms with E-state index < -0.39 is 12.1 Å². The molecule has 2 N–H and O–H groups in total. The van der Waals surface area contributed by atoms with Gasteiger partial charge in [-0.05, 0) is 25.1 Å². The molecule has 0 saturated carbocycles. The smallest absolute Gasteiger partial charge is 0.305 e. The van der Waals surface area contributed by atoms with E-state index in [1.807, 2.05) is 0 Å². The fraction of sp³-hybridized carbons (Fsp3) is 0.429. The normalized spacial score (nSPS) is 11.8. The molecule has 0 heterocycles. The first-order valence-corrected chi connectivity index (χ1v) is 6.27. The number of ether oxygens (including phenoxy) is 1. The van der Waals surface area contributed by atoms with Crippen LogP contribution in [0.15, 0.2) is 24.3 Å². The second-order valence-electron chi connectivity index (χ2n) is 4.48. The van der Waals surface area contributed by atoms with Gasteiger partial charge < -0.3 is 19.8 Å². The van der Waals surface area contributed by atoms with Crippen LogP contribution in [0.4, 0.5) is 0 Å². The van der Waals surface area contributed by atoms with Gasteiger partial charge in [0.25, 0.3) is 5.91 Å². The van der Waals surface area contributed by atoms with Crippen molar-refractivity contribution in [3.63, 3.8) is 0 Å². The molecule has 0 aliphatic carbocycles. The van der Waals surface area contributed by atoms with Crippen molar-refractivity contribution < 1.29 is 24.5 Å². The number of methoxy groups -OCH3 is 1. The number of hydrogen-bond acceptors (Lipinski definition) is 4. The number of rotatable bonds is 7. The van der Waals surface area contributed by atoms with Gasteiger partial charge in [0, 0.05) is 18.7 Å². The Labute approximate surface area is 117 Å². The molecule has 6 heteroatoms. The number of benzene rings is 1. The summed E-state index contributed by atoms with van der Waals surface area (Å²) in [5.74, 6) is -0.767. The Morgan fingerprint density at radius 3 is 2.65 bits per heavy atom. The molecule has 1 aromatic carbocycles. The molecule has 1 atom stereocenters. The lowest BCUT2D eigenvalue weighted by Crippen LogP contribution is -2.38. The van der Waals surface area contributed by atoms with Gasteiger partial charge >= 0.3 is 5.97 Å². The number of nitrogens with zero attached hydrogens (tertiary/aromatic N) is 1. The largest absolute Gasteiger partial charge is 0.497 e. The number of carboxylic acids is 1. The van der Waals surface area contributed by atoms with Crippen molar-refractivity contribution in [1.29, 1.82) is 0 Å². The molecular weight excluding hydrogens is 262 g/mol. The summed E-state index contributed by atoms with van der Waals surface area (Å²) in [5, 5.41) is 18.1. The van der Waals surface area contributed by atoms with Crippen molar-refractivity contribution in [3.05, 3.63) is 29.8 Å². The third-order valence-corrected chi connectivity index (χ3v) is 2.68. The summed E-state index contributed by atoms with van der Waals surface area (Å²) in [4.78, 5) is 24.3. The van der Waals surface area contributed by atoms with Gasteiger partial charge in [0.05, 0.1) is 19.6 Å². The summed E-state index contributed by atoms with van der Waals surface area (Å²) in [5.41, 5.74) is 0.399. The molecule has 0 aliphatic heterocycles. The van der Waals surface area contributed by atoms with E-state index in [0.717, 1.165) is 0 Å². The lowest BCUT2D eigenvalue weighted by Gasteiger charge is -2.23. The molecule has 0 radical (unpaired) electrons. The van der Waals surface area contributed by atoms with Gasteiger partial charge in [-0.1, -0.05) is 6.07 Å². The number of carbonyl (C=O) groups is 2. The quantitative estimate of drug-likeness (QED) is 0.778. The lowest BCUT2D eigenvalue weighted by molar-refractivity contribution is -0.137. The number of hydrogen-bond donors (Lipinski definition) is 2. The summed E-state index contributed by atoms with van der Waals surface area (Å²) in [6.07, 6.45) is -0.888. The Balaban J connectivity index is 2.87. The molecule has 1 amide bonds. The highest BCUT2D eigenvalue weighted by Crippen LogP contribution is 2.15. The van der Waals surface area contributed by atoms with E-state index in [4.69, 9.17) is 9.84 Å². The van der Waals surface area contributed by atoms with Crippen LogP contribution in [0, 0.1) is 0 Å². The standard InChI is InChI=1S/C14H19NO5/c1-10(16)9-15(7-6-13(17)18)14(19)11-4-3-5-12(8-11)20-2/h3-5,8,10,16H,6-7,9H2,1-2H3,(H,17,18). The first-order chi connectivity index (χ1) is 9.43. The van der Waals surface area contributed by atoms with Crippen molar-refractivity contribution in [1.82, 2.24) is 4.90 Å². The Morgan fingerprint density at radius 2 is 2.10 bits per heavy atom. The molecule has 0 fully saturated rings. The van der Waals surface area contributed by atoms with Crippen LogP contribution in [0.3, 0.4) is 0 Å². The first kappa shape index (κ1) is 16.0. The summed E-state index contributed by atoms with van der Waals surface area (Å²) >= 11 is 0. The number of carbonyl (C=O) groups excluding carboxylic acids is 1. The fourth-order valence-corrected chi connectivity index (χ4v) is 1.76. The topological polar surface area (TPSA) is 87.1 Å². The number of aliphatic hydroxyl groups excluding tert-OH is 1. The second-order valence-corrected chi connectivity index (χ2v) is 4.48. The van der Waals surface area contributed by atoms with Crippen LogP contribution in [0.2, 0.25) is 0 Å². The maximum Gasteiger partial charge on any atom is 0.305 e. The first-order valence-electron chi connectivity index (χ1n) is 6.27. The van der Waals surface area contributed by atoms with Crippen LogP contribution in [0.5, 0.6) is 5.75 Å². The van der Waals surface area contributed by atoms with E-state index in [2.05, 4.69) is 0 Å². The zero-order valence-electron chi connectivity index (χ0n) is 11.6. The van der Waals surface area contributed by atoms with E-state index >= 15 is 0 Å². The van der Waals surface area contributed by atoms with E-state index in [0.29, 0.717) is 11.3 Å². The van der Waals surface area contributed by atoms with E-state index in [1.54, 1.807) is 31.2 Å². The van der Waals surface area contributed by atoms with Gasteiger partial charge in [-0.3, -0.25) is 9.59 Å². The molecule has 1 unspecified atom stereocenters. The van der Waals surface area contributed by atoms with Gasteiger partial charge in [0.2, 0.25) is 0 Å². The molecule has 110 valence electrons. The number of aliphatic carboxylic acids is 1. The van der Waals surface area contributed by atoms with Crippen LogP contribution in [0.25, 0.3) is 0 Å². The Morgan fingerprint density at radius 1 is 1.40 bits per heavy atom. The van der Waals surface area contributed by atoms with Gasteiger partial charge in [0.15, 0.2) is 0 Å². The predicted molar refractivity (Wildman–Crippen MR) is 72.8 cm³/mol. The van der Waals surface area contributed by atoms with Gasteiger partial charge in [0.1, 0.15) is 5.75 Å². The molecule has 0 aliphatic rings. The van der Waals surface area contributed by atoms with Crippen LogP contribution < -0.4 is 4.74 Å². The molecule has 0 aromatic heterocycles. The highest BCUT2D eigenvalue weighted by Gasteiger charge is 2.18. The van der Waals surface area contributed by atoms with Crippen molar-refractivity contribution in [2.75, 3.05) is 20.2 Å². The molecule has 0 saturated heterocycles. The minimum atomic E-state index is -0.987. The Kier molecular flexibility index (Phi) is 5.99. The van der Waals surface area contributed by atoms with Gasteiger partial charge in [-0.25, -0.2) is 0 Å². The van der Waals surface area contributed by atoms with Gasteiger partial charge in [-0.2, -0.15) is 0 Å². The molecule has 0 spiro atoms. The van der Waals surface area contributed by atoms with Gasteiger partial charge in [-0.15, -0.1) is 0 Å². The molecule has 0 bridgehead atoms. The SMILES string of the molecule is COc1cccc(C(=O)N(CCC(=O)O)CC(C)O)c1. The Hall–Kier alpha value is -2.08. The molecule has 1 rings (SSSR count). The third-order valence-electron chi connectivity index (χ3n) is 2.68. The summed E-state index contributed by atoms with van der Waals surface area (Å²) in [7, 11) is 1.50. The van der Waals surface area contributed by atoms with E-state index in [9.17, 15) is 14.7 Å². The van der Waals surface area contributed by atoms with Crippen LogP contribution >= 0.6 is 0 Å². The van der Waals surface area contributed by atoms with Crippen molar-refractivity contribution in [2.45, 2.75) is 19.4 Å². The predicted octanol–water partition coefficient (Wildman–Crippen LogP) is 0.993. The second kappa shape index (κ2) is 7.49. The van der Waals surface area contributed by atoms with Crippen LogP contribution in [-0.2, 0) is 4.79 Å².